The number of benzene rings is 1. The summed E-state index contributed by atoms with van der Waals surface area (Å²) in [7, 11) is 0. The Bertz CT molecular complexity index is 558. The molecule has 1 heterocycles. The van der Waals surface area contributed by atoms with E-state index in [0.29, 0.717) is 17.0 Å². The Labute approximate surface area is 96.8 Å². The van der Waals surface area contributed by atoms with Gasteiger partial charge >= 0.3 is 0 Å². The van der Waals surface area contributed by atoms with Crippen molar-refractivity contribution in [3.63, 3.8) is 0 Å². The molecule has 0 radical (unpaired) electrons. The molecule has 88 valence electrons. The smallest absolute Gasteiger partial charge is 0.159 e. The molecule has 1 N–H and O–H groups in total. The van der Waals surface area contributed by atoms with E-state index in [1.807, 2.05) is 0 Å². The van der Waals surface area contributed by atoms with Crippen LogP contribution in [0.25, 0.3) is 11.4 Å². The summed E-state index contributed by atoms with van der Waals surface area (Å²) in [5.41, 5.74) is 1.48. The molecule has 0 aliphatic carbocycles. The molecule has 0 aliphatic rings. The summed E-state index contributed by atoms with van der Waals surface area (Å²) in [4.78, 5) is 8.15. The maximum Gasteiger partial charge on any atom is 0.159 e. The number of hydrogen-bond acceptors (Lipinski definition) is 3. The fraction of sp³-hybridized carbons (Fsp3) is 0.167. The zero-order valence-corrected chi connectivity index (χ0v) is 9.11. The van der Waals surface area contributed by atoms with Gasteiger partial charge in [0.05, 0.1) is 12.3 Å². The molecule has 0 saturated carbocycles. The van der Waals surface area contributed by atoms with Gasteiger partial charge in [-0.25, -0.2) is 18.7 Å². The van der Waals surface area contributed by atoms with Crippen LogP contribution in [0.1, 0.15) is 11.4 Å². The molecular formula is C12H10F2N2O. The molecule has 0 unspecified atom stereocenters. The van der Waals surface area contributed by atoms with Gasteiger partial charge in [-0.1, -0.05) is 0 Å². The lowest BCUT2D eigenvalue weighted by molar-refractivity contribution is 0.276. The number of aromatic nitrogens is 2. The normalized spacial score (nSPS) is 10.6. The van der Waals surface area contributed by atoms with E-state index in [9.17, 15) is 8.78 Å². The lowest BCUT2D eigenvalue weighted by Gasteiger charge is -2.04. The highest BCUT2D eigenvalue weighted by Gasteiger charge is 2.08. The maximum atomic E-state index is 13.1. The van der Waals surface area contributed by atoms with Crippen LogP contribution < -0.4 is 0 Å². The van der Waals surface area contributed by atoms with Gasteiger partial charge in [0.2, 0.25) is 0 Å². The zero-order valence-electron chi connectivity index (χ0n) is 9.11. The van der Waals surface area contributed by atoms with Gasteiger partial charge in [-0.05, 0) is 31.2 Å². The minimum Gasteiger partial charge on any atom is -0.390 e. The van der Waals surface area contributed by atoms with Crippen LogP contribution in [0.4, 0.5) is 8.78 Å². The number of aliphatic hydroxyl groups is 1. The predicted octanol–water partition coefficient (Wildman–Crippen LogP) is 2.22. The molecular weight excluding hydrogens is 226 g/mol. The molecule has 2 rings (SSSR count). The molecule has 17 heavy (non-hydrogen) atoms. The number of rotatable bonds is 2. The van der Waals surface area contributed by atoms with Crippen LogP contribution in [0.15, 0.2) is 24.3 Å². The molecule has 0 spiro atoms. The molecule has 0 aliphatic heterocycles. The van der Waals surface area contributed by atoms with E-state index in [-0.39, 0.29) is 12.4 Å². The maximum absolute atomic E-state index is 13.1. The third-order valence-corrected chi connectivity index (χ3v) is 2.25. The Kier molecular flexibility index (Phi) is 3.10. The number of halogens is 2. The summed E-state index contributed by atoms with van der Waals surface area (Å²) < 4.78 is 25.9. The van der Waals surface area contributed by atoms with E-state index >= 15 is 0 Å². The largest absolute Gasteiger partial charge is 0.390 e. The van der Waals surface area contributed by atoms with Crippen molar-refractivity contribution in [2.75, 3.05) is 0 Å². The molecule has 5 heteroatoms. The minimum atomic E-state index is -0.946. The van der Waals surface area contributed by atoms with Gasteiger partial charge in [-0.2, -0.15) is 0 Å². The molecule has 0 bridgehead atoms. The van der Waals surface area contributed by atoms with E-state index < -0.39 is 11.6 Å². The van der Waals surface area contributed by atoms with E-state index in [1.54, 1.807) is 13.0 Å². The van der Waals surface area contributed by atoms with Crippen molar-refractivity contribution in [1.82, 2.24) is 9.97 Å². The van der Waals surface area contributed by atoms with Gasteiger partial charge in [-0.15, -0.1) is 0 Å². The number of nitrogens with zero attached hydrogens (tertiary/aromatic N) is 2. The van der Waals surface area contributed by atoms with Gasteiger partial charge in [0.15, 0.2) is 17.5 Å². The summed E-state index contributed by atoms with van der Waals surface area (Å²) in [6.07, 6.45) is 0. The Hall–Kier alpha value is -1.88. The lowest BCUT2D eigenvalue weighted by atomic mass is 10.2. The Morgan fingerprint density at radius 3 is 2.53 bits per heavy atom. The SMILES string of the molecule is Cc1cc(CO)nc(-c2ccc(F)c(F)c2)n1. The Morgan fingerprint density at radius 2 is 1.88 bits per heavy atom. The molecule has 2 aromatic rings. The quantitative estimate of drug-likeness (QED) is 0.869. The van der Waals surface area contributed by atoms with Crippen LogP contribution in [0.2, 0.25) is 0 Å². The van der Waals surface area contributed by atoms with Gasteiger partial charge < -0.3 is 5.11 Å². The van der Waals surface area contributed by atoms with E-state index in [2.05, 4.69) is 9.97 Å². The van der Waals surface area contributed by atoms with E-state index in [0.717, 1.165) is 12.1 Å². The Balaban J connectivity index is 2.52. The highest BCUT2D eigenvalue weighted by molar-refractivity contribution is 5.55. The van der Waals surface area contributed by atoms with Crippen molar-refractivity contribution >= 4 is 0 Å². The van der Waals surface area contributed by atoms with Crippen molar-refractivity contribution in [3.05, 3.63) is 47.3 Å². The second-order valence-corrected chi connectivity index (χ2v) is 3.61. The second kappa shape index (κ2) is 4.55. The summed E-state index contributed by atoms with van der Waals surface area (Å²) in [5, 5.41) is 9.01. The van der Waals surface area contributed by atoms with Crippen LogP contribution in [-0.4, -0.2) is 15.1 Å². The Morgan fingerprint density at radius 1 is 1.12 bits per heavy atom. The third kappa shape index (κ3) is 2.45. The first-order chi connectivity index (χ1) is 8.10. The number of aryl methyl sites for hydroxylation is 1. The van der Waals surface area contributed by atoms with Crippen LogP contribution in [0, 0.1) is 18.6 Å². The topological polar surface area (TPSA) is 46.0 Å². The molecule has 0 saturated heterocycles. The minimum absolute atomic E-state index is 0.222. The molecule has 0 fully saturated rings. The standard InChI is InChI=1S/C12H10F2N2O/c1-7-4-9(6-17)16-12(15-7)8-2-3-10(13)11(14)5-8/h2-5,17H,6H2,1H3. The van der Waals surface area contributed by atoms with Crippen LogP contribution in [-0.2, 0) is 6.61 Å². The van der Waals surface area contributed by atoms with Crippen molar-refractivity contribution in [1.29, 1.82) is 0 Å². The number of hydrogen-bond donors (Lipinski definition) is 1. The van der Waals surface area contributed by atoms with Crippen molar-refractivity contribution in [2.45, 2.75) is 13.5 Å². The first kappa shape index (κ1) is 11.6. The highest BCUT2D eigenvalue weighted by atomic mass is 19.2. The molecule has 3 nitrogen and oxygen atoms in total. The third-order valence-electron chi connectivity index (χ3n) is 2.25. The van der Waals surface area contributed by atoms with Crippen LogP contribution in [0.5, 0.6) is 0 Å². The van der Waals surface area contributed by atoms with Gasteiger partial charge in [-0.3, -0.25) is 0 Å². The van der Waals surface area contributed by atoms with Gasteiger partial charge in [0, 0.05) is 11.3 Å². The van der Waals surface area contributed by atoms with E-state index in [4.69, 9.17) is 5.11 Å². The fourth-order valence-electron chi connectivity index (χ4n) is 1.48. The summed E-state index contributed by atoms with van der Waals surface area (Å²) in [6, 6.07) is 5.08. The lowest BCUT2D eigenvalue weighted by Crippen LogP contribution is -1.98. The van der Waals surface area contributed by atoms with Crippen molar-refractivity contribution in [3.8, 4) is 11.4 Å². The van der Waals surface area contributed by atoms with Crippen molar-refractivity contribution < 1.29 is 13.9 Å². The zero-order chi connectivity index (χ0) is 12.4. The predicted molar refractivity (Wildman–Crippen MR) is 58.0 cm³/mol. The van der Waals surface area contributed by atoms with Crippen molar-refractivity contribution in [2.24, 2.45) is 0 Å². The first-order valence-electron chi connectivity index (χ1n) is 5.01. The summed E-state index contributed by atoms with van der Waals surface area (Å²) >= 11 is 0. The molecule has 1 aromatic carbocycles. The monoisotopic (exact) mass is 236 g/mol. The fourth-order valence-corrected chi connectivity index (χ4v) is 1.48. The highest BCUT2D eigenvalue weighted by Crippen LogP contribution is 2.18. The van der Waals surface area contributed by atoms with Crippen LogP contribution >= 0.6 is 0 Å². The summed E-state index contributed by atoms with van der Waals surface area (Å²) in [5.74, 6) is -1.59. The average molecular weight is 236 g/mol. The summed E-state index contributed by atoms with van der Waals surface area (Å²) in [6.45, 7) is 1.52. The van der Waals surface area contributed by atoms with Gasteiger partial charge in [0.25, 0.3) is 0 Å². The van der Waals surface area contributed by atoms with E-state index in [1.165, 1.54) is 6.07 Å². The molecule has 0 atom stereocenters. The van der Waals surface area contributed by atoms with Crippen LogP contribution in [0.3, 0.4) is 0 Å². The molecule has 0 amide bonds. The first-order valence-corrected chi connectivity index (χ1v) is 5.01. The number of aliphatic hydroxyl groups excluding tert-OH is 1. The second-order valence-electron chi connectivity index (χ2n) is 3.61. The average Bonchev–Trinajstić information content (AvgIpc) is 2.32. The molecule has 1 aromatic heterocycles. The van der Waals surface area contributed by atoms with Gasteiger partial charge in [0.1, 0.15) is 0 Å².